The average Bonchev–Trinajstić information content (AvgIpc) is 2.38. The summed E-state index contributed by atoms with van der Waals surface area (Å²) in [5.41, 5.74) is 7.06. The Kier molecular flexibility index (Phi) is 6.44. The van der Waals surface area contributed by atoms with E-state index in [-0.39, 0.29) is 5.78 Å². The van der Waals surface area contributed by atoms with Crippen molar-refractivity contribution < 1.29 is 4.79 Å². The number of hydrogen-bond acceptors (Lipinski definition) is 3. The van der Waals surface area contributed by atoms with Gasteiger partial charge < -0.3 is 10.6 Å². The molecule has 0 aliphatic carbocycles. The van der Waals surface area contributed by atoms with E-state index in [4.69, 9.17) is 5.73 Å². The third-order valence-corrected chi connectivity index (χ3v) is 3.14. The molecule has 18 heavy (non-hydrogen) atoms. The molecular weight excluding hydrogens is 224 g/mol. The number of Topliss-reactive ketones (excluding diaryl/α,β-unsaturated/α-hetero) is 1. The topological polar surface area (TPSA) is 46.3 Å². The van der Waals surface area contributed by atoms with E-state index in [9.17, 15) is 4.79 Å². The third kappa shape index (κ3) is 4.88. The molecule has 3 heteroatoms. The number of nitrogen functional groups attached to an aromatic ring is 1. The zero-order chi connectivity index (χ0) is 13.4. The largest absolute Gasteiger partial charge is 0.399 e. The monoisotopic (exact) mass is 248 g/mol. The van der Waals surface area contributed by atoms with Crippen molar-refractivity contribution in [3.63, 3.8) is 0 Å². The number of anilines is 1. The van der Waals surface area contributed by atoms with Gasteiger partial charge in [-0.05, 0) is 31.6 Å². The van der Waals surface area contributed by atoms with Crippen LogP contribution in [-0.2, 0) is 0 Å². The molecule has 0 atom stereocenters. The highest BCUT2D eigenvalue weighted by Gasteiger charge is 2.08. The molecule has 1 aromatic carbocycles. The summed E-state index contributed by atoms with van der Waals surface area (Å²) in [5, 5.41) is 0. The SMILES string of the molecule is CCCCN(CC)CCC(=O)c1cccc(N)c1. The van der Waals surface area contributed by atoms with Crippen LogP contribution in [0.4, 0.5) is 5.69 Å². The maximum Gasteiger partial charge on any atom is 0.164 e. The van der Waals surface area contributed by atoms with Crippen molar-refractivity contribution in [3.05, 3.63) is 29.8 Å². The maximum absolute atomic E-state index is 12.0. The minimum atomic E-state index is 0.178. The average molecular weight is 248 g/mol. The normalized spacial score (nSPS) is 10.8. The highest BCUT2D eigenvalue weighted by Crippen LogP contribution is 2.09. The van der Waals surface area contributed by atoms with Gasteiger partial charge in [0.1, 0.15) is 0 Å². The van der Waals surface area contributed by atoms with Crippen molar-refractivity contribution in [3.8, 4) is 0 Å². The zero-order valence-electron chi connectivity index (χ0n) is 11.5. The van der Waals surface area contributed by atoms with E-state index in [1.54, 1.807) is 12.1 Å². The van der Waals surface area contributed by atoms with Crippen LogP contribution >= 0.6 is 0 Å². The van der Waals surface area contributed by atoms with E-state index in [2.05, 4.69) is 18.7 Å². The van der Waals surface area contributed by atoms with E-state index in [0.29, 0.717) is 12.1 Å². The molecule has 0 aliphatic rings. The first kappa shape index (κ1) is 14.7. The Labute approximate surface area is 110 Å². The summed E-state index contributed by atoms with van der Waals surface area (Å²) in [6.45, 7) is 7.25. The molecule has 0 aliphatic heterocycles. The highest BCUT2D eigenvalue weighted by atomic mass is 16.1. The second kappa shape index (κ2) is 7.88. The van der Waals surface area contributed by atoms with Crippen molar-refractivity contribution in [2.75, 3.05) is 25.4 Å². The minimum absolute atomic E-state index is 0.178. The van der Waals surface area contributed by atoms with Gasteiger partial charge in [0.05, 0.1) is 0 Å². The molecule has 0 spiro atoms. The fourth-order valence-corrected chi connectivity index (χ4v) is 1.93. The number of hydrogen-bond donors (Lipinski definition) is 1. The summed E-state index contributed by atoms with van der Waals surface area (Å²) in [6.07, 6.45) is 2.96. The molecule has 0 amide bonds. The van der Waals surface area contributed by atoms with Crippen LogP contribution in [-0.4, -0.2) is 30.3 Å². The highest BCUT2D eigenvalue weighted by molar-refractivity contribution is 5.96. The standard InChI is InChI=1S/C15H24N2O/c1-3-5-10-17(4-2)11-9-15(18)13-7-6-8-14(16)12-13/h6-8,12H,3-5,9-11,16H2,1-2H3. The molecule has 100 valence electrons. The predicted octanol–water partition coefficient (Wildman–Crippen LogP) is 2.96. The Morgan fingerprint density at radius 2 is 2.06 bits per heavy atom. The number of nitrogens with two attached hydrogens (primary N) is 1. The lowest BCUT2D eigenvalue weighted by Gasteiger charge is -2.19. The van der Waals surface area contributed by atoms with Gasteiger partial charge in [0.15, 0.2) is 5.78 Å². The number of carbonyl (C=O) groups is 1. The summed E-state index contributed by atoms with van der Waals surface area (Å²) in [5.74, 6) is 0.178. The Morgan fingerprint density at radius 3 is 2.67 bits per heavy atom. The lowest BCUT2D eigenvalue weighted by molar-refractivity contribution is 0.0965. The number of carbonyl (C=O) groups excluding carboxylic acids is 1. The lowest BCUT2D eigenvalue weighted by atomic mass is 10.1. The van der Waals surface area contributed by atoms with Crippen molar-refractivity contribution in [1.82, 2.24) is 4.90 Å². The molecule has 3 nitrogen and oxygen atoms in total. The zero-order valence-corrected chi connectivity index (χ0v) is 11.5. The number of ketones is 1. The van der Waals surface area contributed by atoms with E-state index in [0.717, 1.165) is 25.2 Å². The van der Waals surface area contributed by atoms with E-state index < -0.39 is 0 Å². The van der Waals surface area contributed by atoms with Crippen LogP contribution in [0.1, 0.15) is 43.5 Å². The third-order valence-electron chi connectivity index (χ3n) is 3.14. The van der Waals surface area contributed by atoms with Gasteiger partial charge in [-0.15, -0.1) is 0 Å². The second-order valence-corrected chi connectivity index (χ2v) is 4.59. The number of rotatable bonds is 8. The van der Waals surface area contributed by atoms with Crippen molar-refractivity contribution >= 4 is 11.5 Å². The van der Waals surface area contributed by atoms with Gasteiger partial charge in [-0.25, -0.2) is 0 Å². The molecule has 0 radical (unpaired) electrons. The van der Waals surface area contributed by atoms with Gasteiger partial charge in [0.25, 0.3) is 0 Å². The molecule has 0 saturated carbocycles. The van der Waals surface area contributed by atoms with Crippen LogP contribution in [0.15, 0.2) is 24.3 Å². The van der Waals surface area contributed by atoms with Gasteiger partial charge >= 0.3 is 0 Å². The summed E-state index contributed by atoms with van der Waals surface area (Å²) in [7, 11) is 0. The summed E-state index contributed by atoms with van der Waals surface area (Å²) < 4.78 is 0. The van der Waals surface area contributed by atoms with Gasteiger partial charge in [-0.2, -0.15) is 0 Å². The fraction of sp³-hybridized carbons (Fsp3) is 0.533. The molecule has 2 N–H and O–H groups in total. The first-order valence-corrected chi connectivity index (χ1v) is 6.78. The Bertz CT molecular complexity index is 377. The lowest BCUT2D eigenvalue weighted by Crippen LogP contribution is -2.27. The van der Waals surface area contributed by atoms with Crippen LogP contribution in [0.25, 0.3) is 0 Å². The molecule has 0 heterocycles. The molecule has 0 fully saturated rings. The summed E-state index contributed by atoms with van der Waals surface area (Å²) in [6, 6.07) is 7.22. The maximum atomic E-state index is 12.0. The van der Waals surface area contributed by atoms with E-state index in [1.165, 1.54) is 12.8 Å². The Hall–Kier alpha value is -1.35. The molecule has 0 unspecified atom stereocenters. The van der Waals surface area contributed by atoms with Crippen LogP contribution in [0.5, 0.6) is 0 Å². The van der Waals surface area contributed by atoms with Crippen molar-refractivity contribution in [2.24, 2.45) is 0 Å². The second-order valence-electron chi connectivity index (χ2n) is 4.59. The van der Waals surface area contributed by atoms with Crippen LogP contribution in [0, 0.1) is 0 Å². The van der Waals surface area contributed by atoms with Crippen LogP contribution in [0.2, 0.25) is 0 Å². The van der Waals surface area contributed by atoms with Crippen LogP contribution < -0.4 is 5.73 Å². The van der Waals surface area contributed by atoms with Crippen molar-refractivity contribution in [1.29, 1.82) is 0 Å². The van der Waals surface area contributed by atoms with Gasteiger partial charge in [-0.3, -0.25) is 4.79 Å². The van der Waals surface area contributed by atoms with E-state index >= 15 is 0 Å². The van der Waals surface area contributed by atoms with E-state index in [1.807, 2.05) is 12.1 Å². The number of nitrogens with zero attached hydrogens (tertiary/aromatic N) is 1. The van der Waals surface area contributed by atoms with Crippen molar-refractivity contribution in [2.45, 2.75) is 33.1 Å². The van der Waals surface area contributed by atoms with Gasteiger partial charge in [0.2, 0.25) is 0 Å². The number of benzene rings is 1. The first-order valence-electron chi connectivity index (χ1n) is 6.78. The summed E-state index contributed by atoms with van der Waals surface area (Å²) in [4.78, 5) is 14.3. The summed E-state index contributed by atoms with van der Waals surface area (Å²) >= 11 is 0. The molecule has 0 bridgehead atoms. The Balaban J connectivity index is 2.44. The van der Waals surface area contributed by atoms with Crippen LogP contribution in [0.3, 0.4) is 0 Å². The molecule has 0 saturated heterocycles. The minimum Gasteiger partial charge on any atom is -0.399 e. The predicted molar refractivity (Wildman–Crippen MR) is 76.8 cm³/mol. The van der Waals surface area contributed by atoms with Gasteiger partial charge in [-0.1, -0.05) is 32.4 Å². The molecular formula is C15H24N2O. The fourth-order valence-electron chi connectivity index (χ4n) is 1.93. The number of unbranched alkanes of at least 4 members (excludes halogenated alkanes) is 1. The molecule has 1 rings (SSSR count). The smallest absolute Gasteiger partial charge is 0.164 e. The first-order chi connectivity index (χ1) is 8.67. The molecule has 1 aromatic rings. The quantitative estimate of drug-likeness (QED) is 0.568. The molecule has 0 aromatic heterocycles. The van der Waals surface area contributed by atoms with Gasteiger partial charge in [0, 0.05) is 24.2 Å². The Morgan fingerprint density at radius 1 is 1.28 bits per heavy atom.